The number of carbonyl (C=O) groups is 1. The number of fused-ring (bicyclic) bond motifs is 1. The summed E-state index contributed by atoms with van der Waals surface area (Å²) in [6.07, 6.45) is 1.69. The first-order chi connectivity index (χ1) is 11.8. The molecule has 2 aromatic heterocycles. The lowest BCUT2D eigenvalue weighted by Crippen LogP contribution is -2.38. The van der Waals surface area contributed by atoms with Gasteiger partial charge < -0.3 is 14.6 Å². The van der Waals surface area contributed by atoms with E-state index in [1.807, 2.05) is 6.92 Å². The fourth-order valence-electron chi connectivity index (χ4n) is 2.81. The molecule has 25 heavy (non-hydrogen) atoms. The van der Waals surface area contributed by atoms with E-state index in [4.69, 9.17) is 0 Å². The first kappa shape index (κ1) is 18.9. The molecule has 0 aromatic carbocycles. The van der Waals surface area contributed by atoms with E-state index in [1.54, 1.807) is 23.4 Å². The van der Waals surface area contributed by atoms with Crippen LogP contribution in [-0.2, 0) is 25.4 Å². The summed E-state index contributed by atoms with van der Waals surface area (Å²) in [5.41, 5.74) is -0.176. The average Bonchev–Trinajstić information content (AvgIpc) is 2.98. The third kappa shape index (κ3) is 3.81. The van der Waals surface area contributed by atoms with Crippen molar-refractivity contribution in [2.24, 2.45) is 14.1 Å². The van der Waals surface area contributed by atoms with Crippen molar-refractivity contribution in [2.75, 3.05) is 13.1 Å². The largest absolute Gasteiger partial charge is 0.393 e. The van der Waals surface area contributed by atoms with Gasteiger partial charge in [0.1, 0.15) is 0 Å². The Morgan fingerprint density at radius 2 is 1.96 bits per heavy atom. The van der Waals surface area contributed by atoms with Crippen LogP contribution in [0.2, 0.25) is 0 Å². The van der Waals surface area contributed by atoms with E-state index in [0.717, 1.165) is 11.0 Å². The van der Waals surface area contributed by atoms with Gasteiger partial charge in [-0.3, -0.25) is 18.7 Å². The number of hydrogen-bond donors (Lipinski definition) is 1. The van der Waals surface area contributed by atoms with Crippen molar-refractivity contribution >= 4 is 17.1 Å². The van der Waals surface area contributed by atoms with Gasteiger partial charge in [0.2, 0.25) is 5.91 Å². The van der Waals surface area contributed by atoms with E-state index < -0.39 is 17.4 Å². The summed E-state index contributed by atoms with van der Waals surface area (Å²) in [6.45, 7) is 4.91. The Morgan fingerprint density at radius 1 is 1.28 bits per heavy atom. The minimum absolute atomic E-state index is 0.0704. The highest BCUT2D eigenvalue weighted by Crippen LogP contribution is 2.07. The fraction of sp³-hybridized carbons (Fsp3) is 0.625. The number of aliphatic hydroxyl groups is 1. The highest BCUT2D eigenvalue weighted by Gasteiger charge is 2.17. The minimum Gasteiger partial charge on any atom is -0.393 e. The summed E-state index contributed by atoms with van der Waals surface area (Å²) in [4.78, 5) is 42.4. The zero-order valence-corrected chi connectivity index (χ0v) is 15.1. The zero-order chi connectivity index (χ0) is 18.7. The lowest BCUT2D eigenvalue weighted by Gasteiger charge is -2.23. The van der Waals surface area contributed by atoms with Crippen molar-refractivity contribution in [2.45, 2.75) is 39.3 Å². The molecule has 0 saturated heterocycles. The number of aromatic nitrogens is 4. The maximum absolute atomic E-state index is 12.4. The zero-order valence-electron chi connectivity index (χ0n) is 15.1. The lowest BCUT2D eigenvalue weighted by molar-refractivity contribution is -0.133. The molecule has 2 rings (SSSR count). The molecule has 0 aliphatic heterocycles. The molecule has 1 amide bonds. The number of carbonyl (C=O) groups excluding carboxylic acids is 1. The Bertz CT molecular complexity index is 877. The van der Waals surface area contributed by atoms with Gasteiger partial charge in [-0.1, -0.05) is 6.92 Å². The molecule has 1 N–H and O–H groups in total. The average molecular weight is 351 g/mol. The first-order valence-electron chi connectivity index (χ1n) is 8.34. The SMILES string of the molecule is CCCN(CCn1cnc2c1c(=O)n(C)c(=O)n2C)C(=O)CC(C)O. The van der Waals surface area contributed by atoms with Crippen LogP contribution in [0.3, 0.4) is 0 Å². The van der Waals surface area contributed by atoms with Crippen LogP contribution in [0.5, 0.6) is 0 Å². The third-order valence-electron chi connectivity index (χ3n) is 4.14. The highest BCUT2D eigenvalue weighted by atomic mass is 16.3. The summed E-state index contributed by atoms with van der Waals surface area (Å²) in [7, 11) is 2.99. The summed E-state index contributed by atoms with van der Waals surface area (Å²) in [5, 5.41) is 9.42. The number of aliphatic hydroxyl groups excluding tert-OH is 1. The van der Waals surface area contributed by atoms with Gasteiger partial charge in [-0.15, -0.1) is 0 Å². The highest BCUT2D eigenvalue weighted by molar-refractivity contribution is 5.76. The molecule has 0 radical (unpaired) electrons. The van der Waals surface area contributed by atoms with Crippen molar-refractivity contribution in [1.82, 2.24) is 23.6 Å². The van der Waals surface area contributed by atoms with E-state index in [1.165, 1.54) is 17.9 Å². The van der Waals surface area contributed by atoms with Crippen LogP contribution < -0.4 is 11.2 Å². The lowest BCUT2D eigenvalue weighted by atomic mass is 10.2. The van der Waals surface area contributed by atoms with Gasteiger partial charge in [0.05, 0.1) is 18.9 Å². The summed E-state index contributed by atoms with van der Waals surface area (Å²) in [5.74, 6) is -0.124. The standard InChI is InChI=1S/C16H25N5O4/c1-5-6-20(12(23)9-11(2)22)7-8-21-10-17-14-13(21)15(24)19(4)16(25)18(14)3/h10-11,22H,5-9H2,1-4H3. The van der Waals surface area contributed by atoms with Gasteiger partial charge in [-0.2, -0.15) is 0 Å². The van der Waals surface area contributed by atoms with Gasteiger partial charge in [-0.05, 0) is 13.3 Å². The van der Waals surface area contributed by atoms with Gasteiger partial charge in [0.25, 0.3) is 5.56 Å². The smallest absolute Gasteiger partial charge is 0.332 e. The number of imidazole rings is 1. The van der Waals surface area contributed by atoms with Crippen LogP contribution in [0, 0.1) is 0 Å². The van der Waals surface area contributed by atoms with Crippen LogP contribution in [0.25, 0.3) is 11.2 Å². The molecule has 1 atom stereocenters. The van der Waals surface area contributed by atoms with Crippen LogP contribution in [0.4, 0.5) is 0 Å². The molecule has 0 fully saturated rings. The second kappa shape index (κ2) is 7.64. The molecule has 0 bridgehead atoms. The number of rotatable bonds is 7. The van der Waals surface area contributed by atoms with E-state index >= 15 is 0 Å². The van der Waals surface area contributed by atoms with Crippen molar-refractivity contribution in [3.8, 4) is 0 Å². The van der Waals surface area contributed by atoms with Crippen LogP contribution >= 0.6 is 0 Å². The van der Waals surface area contributed by atoms with E-state index in [-0.39, 0.29) is 12.3 Å². The quantitative estimate of drug-likeness (QED) is 0.721. The van der Waals surface area contributed by atoms with Crippen molar-refractivity contribution in [3.63, 3.8) is 0 Å². The molecular weight excluding hydrogens is 326 g/mol. The topological polar surface area (TPSA) is 102 Å². The predicted molar refractivity (Wildman–Crippen MR) is 93.4 cm³/mol. The minimum atomic E-state index is -0.692. The Balaban J connectivity index is 2.29. The summed E-state index contributed by atoms with van der Waals surface area (Å²) >= 11 is 0. The summed E-state index contributed by atoms with van der Waals surface area (Å²) < 4.78 is 4.04. The van der Waals surface area contributed by atoms with E-state index in [2.05, 4.69) is 4.98 Å². The molecule has 9 heteroatoms. The van der Waals surface area contributed by atoms with Crippen molar-refractivity contribution in [3.05, 3.63) is 27.2 Å². The Hall–Kier alpha value is -2.42. The van der Waals surface area contributed by atoms with E-state index in [9.17, 15) is 19.5 Å². The molecule has 0 spiro atoms. The van der Waals surface area contributed by atoms with Crippen LogP contribution in [0.15, 0.2) is 15.9 Å². The van der Waals surface area contributed by atoms with Gasteiger partial charge in [0.15, 0.2) is 11.2 Å². The Morgan fingerprint density at radius 3 is 2.56 bits per heavy atom. The van der Waals surface area contributed by atoms with Crippen LogP contribution in [-0.4, -0.2) is 53.8 Å². The molecule has 138 valence electrons. The second-order valence-electron chi connectivity index (χ2n) is 6.25. The fourth-order valence-corrected chi connectivity index (χ4v) is 2.81. The van der Waals surface area contributed by atoms with E-state index in [0.29, 0.717) is 30.8 Å². The second-order valence-corrected chi connectivity index (χ2v) is 6.25. The maximum atomic E-state index is 12.4. The van der Waals surface area contributed by atoms with Gasteiger partial charge in [-0.25, -0.2) is 9.78 Å². The third-order valence-corrected chi connectivity index (χ3v) is 4.14. The van der Waals surface area contributed by atoms with Crippen molar-refractivity contribution in [1.29, 1.82) is 0 Å². The normalized spacial score (nSPS) is 12.5. The monoisotopic (exact) mass is 351 g/mol. The Labute approximate surface area is 145 Å². The summed E-state index contributed by atoms with van der Waals surface area (Å²) in [6, 6.07) is 0. The maximum Gasteiger partial charge on any atom is 0.332 e. The molecule has 2 aromatic rings. The molecule has 0 aliphatic carbocycles. The molecule has 9 nitrogen and oxygen atoms in total. The Kier molecular flexibility index (Phi) is 5.78. The molecule has 1 unspecified atom stereocenters. The molecule has 0 aliphatic rings. The van der Waals surface area contributed by atoms with Gasteiger partial charge in [0, 0.05) is 33.7 Å². The predicted octanol–water partition coefficient (Wildman–Crippen LogP) is -0.557. The molecule has 2 heterocycles. The first-order valence-corrected chi connectivity index (χ1v) is 8.34. The van der Waals surface area contributed by atoms with Crippen molar-refractivity contribution < 1.29 is 9.90 Å². The number of nitrogens with zero attached hydrogens (tertiary/aromatic N) is 5. The number of hydrogen-bond acceptors (Lipinski definition) is 5. The number of aryl methyl sites for hydroxylation is 1. The van der Waals surface area contributed by atoms with Gasteiger partial charge >= 0.3 is 5.69 Å². The van der Waals surface area contributed by atoms with Crippen LogP contribution in [0.1, 0.15) is 26.7 Å². The molecule has 0 saturated carbocycles. The molecular formula is C16H25N5O4. The number of amides is 1.